The van der Waals surface area contributed by atoms with Crippen molar-refractivity contribution in [1.29, 1.82) is 0 Å². The molecule has 0 aliphatic rings. The standard InChI is InChI=1S/C38H24O/c1-3-11-25(12-4-1)27-19-21-35-33(23-27)34-24-28(20-22-36(34)39-35)38-31-17-9-7-15-29(31)37(26-13-5-2-6-14-26)30-16-8-10-18-32(30)38/h1-24H/i2D,5D,6D,13D,14D. The van der Waals surface area contributed by atoms with E-state index in [1.807, 2.05) is 78.9 Å². The maximum atomic E-state index is 8.79. The summed E-state index contributed by atoms with van der Waals surface area (Å²) < 4.78 is 48.7. The Labute approximate surface area is 233 Å². The summed E-state index contributed by atoms with van der Waals surface area (Å²) in [4.78, 5) is 0. The van der Waals surface area contributed by atoms with Gasteiger partial charge in [0.2, 0.25) is 0 Å². The van der Waals surface area contributed by atoms with Gasteiger partial charge in [0.15, 0.2) is 0 Å². The largest absolute Gasteiger partial charge is 0.456 e. The van der Waals surface area contributed by atoms with Gasteiger partial charge in [-0.15, -0.1) is 0 Å². The summed E-state index contributed by atoms with van der Waals surface area (Å²) in [6, 6.07) is 37.2. The Bertz CT molecular complexity index is 2360. The van der Waals surface area contributed by atoms with Crippen LogP contribution in [0.3, 0.4) is 0 Å². The first-order valence-corrected chi connectivity index (χ1v) is 12.9. The molecular formula is C38H24O. The average Bonchev–Trinajstić information content (AvgIpc) is 3.44. The van der Waals surface area contributed by atoms with Crippen LogP contribution in [0.1, 0.15) is 6.85 Å². The van der Waals surface area contributed by atoms with E-state index in [2.05, 4.69) is 36.4 Å². The first kappa shape index (κ1) is 17.4. The Morgan fingerprint density at radius 3 is 1.46 bits per heavy atom. The third-order valence-corrected chi connectivity index (χ3v) is 7.55. The molecule has 0 amide bonds. The summed E-state index contributed by atoms with van der Waals surface area (Å²) in [5.41, 5.74) is 6.75. The lowest BCUT2D eigenvalue weighted by atomic mass is 9.86. The molecule has 0 aliphatic heterocycles. The van der Waals surface area contributed by atoms with E-state index in [0.717, 1.165) is 65.7 Å². The maximum Gasteiger partial charge on any atom is 0.135 e. The molecule has 0 radical (unpaired) electrons. The smallest absolute Gasteiger partial charge is 0.135 e. The van der Waals surface area contributed by atoms with Crippen LogP contribution in [0.5, 0.6) is 0 Å². The Balaban J connectivity index is 1.45. The molecule has 0 saturated heterocycles. The van der Waals surface area contributed by atoms with Gasteiger partial charge in [-0.3, -0.25) is 0 Å². The van der Waals surface area contributed by atoms with Gasteiger partial charge in [-0.05, 0) is 79.2 Å². The number of furan rings is 1. The Morgan fingerprint density at radius 2 is 0.872 bits per heavy atom. The molecule has 8 rings (SSSR count). The van der Waals surface area contributed by atoms with Crippen LogP contribution < -0.4 is 0 Å². The highest BCUT2D eigenvalue weighted by Gasteiger charge is 2.17. The van der Waals surface area contributed by atoms with Crippen LogP contribution >= 0.6 is 0 Å². The Hall–Kier alpha value is -5.14. The fourth-order valence-corrected chi connectivity index (χ4v) is 5.83. The highest BCUT2D eigenvalue weighted by Crippen LogP contribution is 2.44. The van der Waals surface area contributed by atoms with Crippen molar-refractivity contribution in [3.05, 3.63) is 145 Å². The predicted molar refractivity (Wildman–Crippen MR) is 165 cm³/mol. The van der Waals surface area contributed by atoms with Crippen LogP contribution in [0, 0.1) is 0 Å². The summed E-state index contributed by atoms with van der Waals surface area (Å²) in [5, 5.41) is 5.56. The van der Waals surface area contributed by atoms with Crippen molar-refractivity contribution in [1.82, 2.24) is 0 Å². The fourth-order valence-electron chi connectivity index (χ4n) is 5.83. The zero-order chi connectivity index (χ0) is 30.1. The molecule has 0 saturated carbocycles. The molecule has 0 aliphatic carbocycles. The van der Waals surface area contributed by atoms with Crippen LogP contribution in [0.2, 0.25) is 0 Å². The molecule has 1 heterocycles. The summed E-state index contributed by atoms with van der Waals surface area (Å²) in [6.07, 6.45) is 0. The number of hydrogen-bond donors (Lipinski definition) is 0. The quantitative estimate of drug-likeness (QED) is 0.219. The molecule has 0 unspecified atom stereocenters. The minimum absolute atomic E-state index is 0.208. The fraction of sp³-hybridized carbons (Fsp3) is 0. The average molecular weight is 502 g/mol. The van der Waals surface area contributed by atoms with Crippen LogP contribution in [0.4, 0.5) is 0 Å². The van der Waals surface area contributed by atoms with Gasteiger partial charge in [-0.2, -0.15) is 0 Å². The van der Waals surface area contributed by atoms with Crippen molar-refractivity contribution >= 4 is 43.5 Å². The van der Waals surface area contributed by atoms with E-state index in [4.69, 9.17) is 11.3 Å². The molecule has 1 aromatic heterocycles. The highest BCUT2D eigenvalue weighted by atomic mass is 16.3. The van der Waals surface area contributed by atoms with Gasteiger partial charge in [-0.1, -0.05) is 121 Å². The third kappa shape index (κ3) is 3.48. The van der Waals surface area contributed by atoms with E-state index in [0.29, 0.717) is 5.56 Å². The van der Waals surface area contributed by atoms with Crippen LogP contribution in [-0.4, -0.2) is 0 Å². The van der Waals surface area contributed by atoms with Crippen molar-refractivity contribution in [3.63, 3.8) is 0 Å². The topological polar surface area (TPSA) is 13.1 Å². The molecule has 1 nitrogen and oxygen atoms in total. The maximum absolute atomic E-state index is 8.79. The number of fused-ring (bicyclic) bond motifs is 5. The van der Waals surface area contributed by atoms with Gasteiger partial charge in [0, 0.05) is 10.8 Å². The summed E-state index contributed by atoms with van der Waals surface area (Å²) in [6.45, 7) is 0. The minimum Gasteiger partial charge on any atom is -0.456 e. The van der Waals surface area contributed by atoms with Gasteiger partial charge in [0.25, 0.3) is 0 Å². The first-order chi connectivity index (χ1) is 21.4. The summed E-state index contributed by atoms with van der Waals surface area (Å²) in [7, 11) is 0. The minimum atomic E-state index is -0.398. The molecule has 182 valence electrons. The number of rotatable bonds is 3. The molecule has 0 fully saturated rings. The van der Waals surface area contributed by atoms with Crippen molar-refractivity contribution in [2.75, 3.05) is 0 Å². The van der Waals surface area contributed by atoms with Gasteiger partial charge in [0.05, 0.1) is 6.85 Å². The van der Waals surface area contributed by atoms with E-state index in [-0.39, 0.29) is 29.7 Å². The van der Waals surface area contributed by atoms with Crippen molar-refractivity contribution in [3.8, 4) is 33.4 Å². The second-order valence-corrected chi connectivity index (χ2v) is 9.73. The van der Waals surface area contributed by atoms with Gasteiger partial charge in [-0.25, -0.2) is 0 Å². The molecule has 1 heteroatoms. The highest BCUT2D eigenvalue weighted by molar-refractivity contribution is 6.22. The lowest BCUT2D eigenvalue weighted by molar-refractivity contribution is 0.669. The van der Waals surface area contributed by atoms with E-state index in [9.17, 15) is 0 Å². The lowest BCUT2D eigenvalue weighted by Gasteiger charge is -2.17. The number of benzene rings is 7. The van der Waals surface area contributed by atoms with Crippen LogP contribution in [0.25, 0.3) is 76.9 Å². The zero-order valence-electron chi connectivity index (χ0n) is 25.9. The van der Waals surface area contributed by atoms with Gasteiger partial charge >= 0.3 is 0 Å². The summed E-state index contributed by atoms with van der Waals surface area (Å²) in [5.74, 6) is 0. The van der Waals surface area contributed by atoms with E-state index in [1.165, 1.54) is 0 Å². The van der Waals surface area contributed by atoms with Gasteiger partial charge < -0.3 is 4.42 Å². The first-order valence-electron chi connectivity index (χ1n) is 15.4. The molecule has 0 N–H and O–H groups in total. The van der Waals surface area contributed by atoms with Crippen molar-refractivity contribution in [2.45, 2.75) is 0 Å². The molecular weight excluding hydrogens is 472 g/mol. The second kappa shape index (κ2) is 8.72. The van der Waals surface area contributed by atoms with Crippen molar-refractivity contribution in [2.24, 2.45) is 0 Å². The molecule has 39 heavy (non-hydrogen) atoms. The molecule has 0 atom stereocenters. The SMILES string of the molecule is [2H]c1c([2H])c([2H])c(-c2c3ccccc3c(-c3ccc4oc5ccc(-c6ccccc6)cc5c4c3)c3ccccc23)c([2H])c1[2H]. The van der Waals surface area contributed by atoms with Crippen LogP contribution in [-0.2, 0) is 0 Å². The van der Waals surface area contributed by atoms with E-state index < -0.39 is 6.04 Å². The normalized spacial score (nSPS) is 13.4. The van der Waals surface area contributed by atoms with E-state index in [1.54, 1.807) is 0 Å². The zero-order valence-corrected chi connectivity index (χ0v) is 20.9. The molecule has 7 aromatic carbocycles. The predicted octanol–water partition coefficient (Wildman–Crippen LogP) is 10.9. The van der Waals surface area contributed by atoms with Crippen LogP contribution in [0.15, 0.2) is 150 Å². The third-order valence-electron chi connectivity index (χ3n) is 7.55. The molecule has 0 spiro atoms. The lowest BCUT2D eigenvalue weighted by Crippen LogP contribution is -1.90. The molecule has 8 aromatic rings. The van der Waals surface area contributed by atoms with Crippen molar-refractivity contribution < 1.29 is 11.3 Å². The van der Waals surface area contributed by atoms with Gasteiger partial charge in [0.1, 0.15) is 11.2 Å². The summed E-state index contributed by atoms with van der Waals surface area (Å²) >= 11 is 0. The monoisotopic (exact) mass is 501 g/mol. The molecule has 0 bridgehead atoms. The Kier molecular flexibility index (Phi) is 3.89. The number of hydrogen-bond acceptors (Lipinski definition) is 1. The van der Waals surface area contributed by atoms with E-state index >= 15 is 0 Å². The second-order valence-electron chi connectivity index (χ2n) is 9.73. The Morgan fingerprint density at radius 1 is 0.385 bits per heavy atom.